The van der Waals surface area contributed by atoms with E-state index >= 15 is 0 Å². The van der Waals surface area contributed by atoms with Crippen LogP contribution in [-0.2, 0) is 4.79 Å². The van der Waals surface area contributed by atoms with E-state index in [1.54, 1.807) is 23.4 Å². The van der Waals surface area contributed by atoms with Crippen molar-refractivity contribution in [2.75, 3.05) is 18.2 Å². The molecule has 2 heterocycles. The van der Waals surface area contributed by atoms with Crippen molar-refractivity contribution in [3.05, 3.63) is 105 Å². The molecule has 1 aliphatic heterocycles. The molecular weight excluding hydrogens is 464 g/mol. The number of nitrogens with zero attached hydrogens (tertiary/aromatic N) is 1. The number of nitrogens with one attached hydrogen (secondary N) is 1. The van der Waals surface area contributed by atoms with Crippen molar-refractivity contribution in [3.8, 4) is 11.4 Å². The summed E-state index contributed by atoms with van der Waals surface area (Å²) in [6, 6.07) is 25.3. The lowest BCUT2D eigenvalue weighted by Gasteiger charge is -2.31. The number of benzene rings is 3. The first-order valence-electron chi connectivity index (χ1n) is 11.0. The van der Waals surface area contributed by atoms with Gasteiger partial charge in [0.1, 0.15) is 5.75 Å². The lowest BCUT2D eigenvalue weighted by molar-refractivity contribution is -0.119. The molecule has 1 N–H and O–H groups in total. The molecule has 34 heavy (non-hydrogen) atoms. The molecule has 1 aliphatic rings. The molecule has 4 aromatic rings. The van der Waals surface area contributed by atoms with Crippen molar-refractivity contribution in [2.45, 2.75) is 17.9 Å². The molecule has 0 spiro atoms. The minimum absolute atomic E-state index is 0.0400. The predicted octanol–water partition coefficient (Wildman–Crippen LogP) is 5.71. The average molecular weight is 489 g/mol. The Morgan fingerprint density at radius 1 is 1.00 bits per heavy atom. The van der Waals surface area contributed by atoms with Crippen molar-refractivity contribution in [3.63, 3.8) is 0 Å². The van der Waals surface area contributed by atoms with Crippen LogP contribution < -0.4 is 14.9 Å². The second-order valence-corrected chi connectivity index (χ2v) is 10.2. The maximum Gasteiger partial charge on any atom is 0.312 e. The smallest absolute Gasteiger partial charge is 0.312 e. The highest BCUT2D eigenvalue weighted by Crippen LogP contribution is 2.47. The Labute approximate surface area is 206 Å². The van der Waals surface area contributed by atoms with Crippen LogP contribution in [0.4, 0.5) is 5.69 Å². The summed E-state index contributed by atoms with van der Waals surface area (Å²) >= 11 is 2.80. The van der Waals surface area contributed by atoms with Gasteiger partial charge in [0, 0.05) is 22.2 Å². The summed E-state index contributed by atoms with van der Waals surface area (Å²) in [5.74, 6) is 0.731. The molecule has 5 nitrogen and oxygen atoms in total. The van der Waals surface area contributed by atoms with E-state index in [2.05, 4.69) is 5.32 Å². The van der Waals surface area contributed by atoms with Crippen LogP contribution in [0.1, 0.15) is 21.9 Å². The number of aryl methyl sites for hydroxylation is 1. The number of hydrogen-bond acceptors (Lipinski definition) is 5. The Morgan fingerprint density at radius 2 is 1.71 bits per heavy atom. The van der Waals surface area contributed by atoms with Gasteiger partial charge in [0.05, 0.1) is 23.7 Å². The molecule has 1 aromatic heterocycles. The molecular formula is C27H24N2O3S2. The number of methoxy groups -OCH3 is 1. The minimum Gasteiger partial charge on any atom is -0.497 e. The topological polar surface area (TPSA) is 60.3 Å². The van der Waals surface area contributed by atoms with Gasteiger partial charge in [-0.15, -0.1) is 11.8 Å². The average Bonchev–Trinajstić information content (AvgIpc) is 3.21. The first-order chi connectivity index (χ1) is 16.5. The Balaban J connectivity index is 1.57. The third-order valence-corrected chi connectivity index (χ3v) is 8.38. The van der Waals surface area contributed by atoms with Crippen LogP contribution in [0.2, 0.25) is 0 Å². The summed E-state index contributed by atoms with van der Waals surface area (Å²) in [5, 5.41) is 4.01. The van der Waals surface area contributed by atoms with E-state index in [-0.39, 0.29) is 22.6 Å². The van der Waals surface area contributed by atoms with Crippen LogP contribution in [0.3, 0.4) is 0 Å². The van der Waals surface area contributed by atoms with Gasteiger partial charge < -0.3 is 10.1 Å². The van der Waals surface area contributed by atoms with Crippen molar-refractivity contribution in [2.24, 2.45) is 5.92 Å². The standard InChI is InChI=1S/C27H24N2O3S2/c1-17-8-12-19(13-9-17)28-25(30)22-16-33-26-24(23(22)18-10-14-21(32-2)15-11-18)34-27(31)29(26)20-6-4-3-5-7-20/h3-15,22-23H,16H2,1-2H3,(H,28,30)/t22-,23+/m1/s1. The predicted molar refractivity (Wildman–Crippen MR) is 139 cm³/mol. The van der Waals surface area contributed by atoms with E-state index in [0.29, 0.717) is 5.75 Å². The highest BCUT2D eigenvalue weighted by atomic mass is 32.2. The summed E-state index contributed by atoms with van der Waals surface area (Å²) in [5.41, 5.74) is 3.75. The zero-order valence-corrected chi connectivity index (χ0v) is 20.5. The monoisotopic (exact) mass is 488 g/mol. The molecule has 0 aliphatic carbocycles. The van der Waals surface area contributed by atoms with E-state index < -0.39 is 0 Å². The lowest BCUT2D eigenvalue weighted by atomic mass is 9.85. The van der Waals surface area contributed by atoms with Gasteiger partial charge in [-0.1, -0.05) is 59.4 Å². The molecule has 0 radical (unpaired) electrons. The number of hydrogen-bond donors (Lipinski definition) is 1. The van der Waals surface area contributed by atoms with Crippen LogP contribution in [0, 0.1) is 12.8 Å². The zero-order valence-electron chi connectivity index (χ0n) is 18.9. The molecule has 0 unspecified atom stereocenters. The maximum atomic E-state index is 13.5. The number of thioether (sulfide) groups is 1. The number of para-hydroxylation sites is 1. The zero-order chi connectivity index (χ0) is 23.7. The van der Waals surface area contributed by atoms with E-state index in [1.165, 1.54) is 11.3 Å². The lowest BCUT2D eigenvalue weighted by Crippen LogP contribution is -2.33. The Bertz CT molecular complexity index is 1360. The molecule has 0 bridgehead atoms. The van der Waals surface area contributed by atoms with Crippen molar-refractivity contribution >= 4 is 34.7 Å². The largest absolute Gasteiger partial charge is 0.497 e. The number of carbonyl (C=O) groups is 1. The fraction of sp³-hybridized carbons (Fsp3) is 0.185. The van der Waals surface area contributed by atoms with E-state index in [9.17, 15) is 9.59 Å². The summed E-state index contributed by atoms with van der Waals surface area (Å²) in [6.07, 6.45) is 0. The maximum absolute atomic E-state index is 13.5. The van der Waals surface area contributed by atoms with Crippen LogP contribution in [-0.4, -0.2) is 23.3 Å². The van der Waals surface area contributed by atoms with Crippen LogP contribution in [0.5, 0.6) is 5.75 Å². The number of amides is 1. The Hall–Kier alpha value is -3.29. The number of fused-ring (bicyclic) bond motifs is 1. The van der Waals surface area contributed by atoms with E-state index in [0.717, 1.165) is 38.2 Å². The first kappa shape index (κ1) is 22.5. The molecule has 172 valence electrons. The fourth-order valence-electron chi connectivity index (χ4n) is 4.25. The summed E-state index contributed by atoms with van der Waals surface area (Å²) < 4.78 is 7.11. The van der Waals surface area contributed by atoms with Crippen LogP contribution >= 0.6 is 23.1 Å². The van der Waals surface area contributed by atoms with Crippen LogP contribution in [0.25, 0.3) is 5.69 Å². The van der Waals surface area contributed by atoms with Gasteiger partial charge in [0.25, 0.3) is 0 Å². The molecule has 3 aromatic carbocycles. The fourth-order valence-corrected chi connectivity index (χ4v) is 6.96. The quantitative estimate of drug-likeness (QED) is 0.391. The molecule has 2 atom stereocenters. The van der Waals surface area contributed by atoms with Crippen molar-refractivity contribution < 1.29 is 9.53 Å². The SMILES string of the molecule is COc1ccc([C@@H]2c3sc(=O)n(-c4ccccc4)c3SC[C@H]2C(=O)Nc2ccc(C)cc2)cc1. The van der Waals surface area contributed by atoms with Crippen LogP contribution in [0.15, 0.2) is 88.7 Å². The Morgan fingerprint density at radius 3 is 2.38 bits per heavy atom. The summed E-state index contributed by atoms with van der Waals surface area (Å²) in [7, 11) is 1.63. The molecule has 7 heteroatoms. The molecule has 1 amide bonds. The number of carbonyl (C=O) groups excluding carboxylic acids is 1. The number of rotatable bonds is 5. The van der Waals surface area contributed by atoms with Gasteiger partial charge in [0.15, 0.2) is 0 Å². The van der Waals surface area contributed by atoms with Crippen molar-refractivity contribution in [1.29, 1.82) is 0 Å². The number of aromatic nitrogens is 1. The van der Waals surface area contributed by atoms with Gasteiger partial charge in [-0.25, -0.2) is 0 Å². The molecule has 0 saturated heterocycles. The number of ether oxygens (including phenoxy) is 1. The van der Waals surface area contributed by atoms with Crippen molar-refractivity contribution in [1.82, 2.24) is 4.57 Å². The number of thiazole rings is 1. The van der Waals surface area contributed by atoms with Gasteiger partial charge >= 0.3 is 4.87 Å². The van der Waals surface area contributed by atoms with Gasteiger partial charge in [-0.2, -0.15) is 0 Å². The Kier molecular flexibility index (Phi) is 6.30. The van der Waals surface area contributed by atoms with Gasteiger partial charge in [-0.05, 0) is 48.9 Å². The third-order valence-electron chi connectivity index (χ3n) is 6.02. The highest BCUT2D eigenvalue weighted by molar-refractivity contribution is 7.99. The normalized spacial score (nSPS) is 17.1. The summed E-state index contributed by atoms with van der Waals surface area (Å²) in [6.45, 7) is 2.02. The second-order valence-electron chi connectivity index (χ2n) is 8.23. The highest BCUT2D eigenvalue weighted by Gasteiger charge is 2.39. The number of anilines is 1. The van der Waals surface area contributed by atoms with Gasteiger partial charge in [0.2, 0.25) is 5.91 Å². The van der Waals surface area contributed by atoms with E-state index in [1.807, 2.05) is 85.8 Å². The molecule has 0 saturated carbocycles. The summed E-state index contributed by atoms with van der Waals surface area (Å²) in [4.78, 5) is 27.5. The second kappa shape index (κ2) is 9.52. The third kappa shape index (κ3) is 4.29. The van der Waals surface area contributed by atoms with Gasteiger partial charge in [-0.3, -0.25) is 14.2 Å². The first-order valence-corrected chi connectivity index (χ1v) is 12.8. The molecule has 5 rings (SSSR count). The van der Waals surface area contributed by atoms with E-state index in [4.69, 9.17) is 4.74 Å². The minimum atomic E-state index is -0.325. The molecule has 0 fully saturated rings.